The SMILES string of the molecule is NC(=O)c1c(-c2cnc3c(c2)nc2n3CCC2O)c2cc(C(F)(F)F)cnc2n1Cc1cccc(F)c1. The molecule has 5 heterocycles. The Hall–Kier alpha value is -4.32. The van der Waals surface area contributed by atoms with Crippen LogP contribution in [0, 0.1) is 5.82 Å². The predicted octanol–water partition coefficient (Wildman–Crippen LogP) is 4.19. The molecule has 1 unspecified atom stereocenters. The van der Waals surface area contributed by atoms with Crippen molar-refractivity contribution in [1.82, 2.24) is 24.1 Å². The number of pyridine rings is 2. The minimum absolute atomic E-state index is 0.0352. The molecule has 37 heavy (non-hydrogen) atoms. The Morgan fingerprint density at radius 2 is 1.92 bits per heavy atom. The molecule has 1 aromatic carbocycles. The second-order valence-electron chi connectivity index (χ2n) is 8.89. The van der Waals surface area contributed by atoms with Crippen molar-refractivity contribution >= 4 is 28.1 Å². The molecule has 4 aromatic heterocycles. The minimum Gasteiger partial charge on any atom is -0.385 e. The Morgan fingerprint density at radius 3 is 2.65 bits per heavy atom. The van der Waals surface area contributed by atoms with Crippen LogP contribution in [-0.4, -0.2) is 35.1 Å². The lowest BCUT2D eigenvalue weighted by molar-refractivity contribution is -0.137. The van der Waals surface area contributed by atoms with Crippen LogP contribution < -0.4 is 5.73 Å². The van der Waals surface area contributed by atoms with Gasteiger partial charge in [0.2, 0.25) is 0 Å². The Bertz CT molecular complexity index is 1720. The van der Waals surface area contributed by atoms with Gasteiger partial charge in [-0.25, -0.2) is 19.3 Å². The third-order valence-corrected chi connectivity index (χ3v) is 6.52. The minimum atomic E-state index is -4.68. The largest absolute Gasteiger partial charge is 0.417 e. The highest BCUT2D eigenvalue weighted by Crippen LogP contribution is 2.39. The fourth-order valence-electron chi connectivity index (χ4n) is 4.92. The van der Waals surface area contributed by atoms with E-state index < -0.39 is 29.6 Å². The van der Waals surface area contributed by atoms with E-state index in [2.05, 4.69) is 15.0 Å². The summed E-state index contributed by atoms with van der Waals surface area (Å²) in [4.78, 5) is 25.7. The van der Waals surface area contributed by atoms with Crippen LogP contribution in [-0.2, 0) is 19.3 Å². The standard InChI is InChI=1S/C25H18F4N6O2/c26-15-3-1-2-12(6-15)11-35-20(21(30)37)19(16-8-14(25(27,28)29)10-32-22(16)35)13-7-17-23(31-9-13)34-5-4-18(36)24(34)33-17/h1-3,6-10,18,36H,4-5,11H2,(H2,30,37). The second-order valence-corrected chi connectivity index (χ2v) is 8.89. The van der Waals surface area contributed by atoms with Gasteiger partial charge in [-0.3, -0.25) is 4.79 Å². The molecule has 1 amide bonds. The van der Waals surface area contributed by atoms with Crippen LogP contribution >= 0.6 is 0 Å². The first-order chi connectivity index (χ1) is 17.6. The molecule has 5 aromatic rings. The summed E-state index contributed by atoms with van der Waals surface area (Å²) in [5.41, 5.74) is 6.52. The number of aliphatic hydroxyl groups is 1. The van der Waals surface area contributed by atoms with Crippen molar-refractivity contribution in [2.24, 2.45) is 5.73 Å². The topological polar surface area (TPSA) is 112 Å². The van der Waals surface area contributed by atoms with E-state index in [1.54, 1.807) is 16.7 Å². The Balaban J connectivity index is 1.63. The molecule has 12 heteroatoms. The molecule has 1 aliphatic heterocycles. The highest BCUT2D eigenvalue weighted by Gasteiger charge is 2.33. The van der Waals surface area contributed by atoms with Gasteiger partial charge >= 0.3 is 6.18 Å². The molecule has 0 fully saturated rings. The number of halogens is 4. The summed E-state index contributed by atoms with van der Waals surface area (Å²) in [5.74, 6) is -0.961. The van der Waals surface area contributed by atoms with Gasteiger partial charge in [-0.15, -0.1) is 0 Å². The third kappa shape index (κ3) is 3.71. The van der Waals surface area contributed by atoms with Gasteiger partial charge in [0, 0.05) is 42.0 Å². The molecule has 0 bridgehead atoms. The number of rotatable bonds is 4. The van der Waals surface area contributed by atoms with Crippen molar-refractivity contribution in [3.05, 3.63) is 77.3 Å². The number of amides is 1. The zero-order chi connectivity index (χ0) is 26.1. The van der Waals surface area contributed by atoms with Gasteiger partial charge in [0.05, 0.1) is 5.56 Å². The molecule has 0 saturated heterocycles. The normalized spacial score (nSPS) is 15.5. The maximum absolute atomic E-state index is 13.9. The summed E-state index contributed by atoms with van der Waals surface area (Å²) in [6.45, 7) is 0.462. The van der Waals surface area contributed by atoms with Crippen LogP contribution in [0.2, 0.25) is 0 Å². The first-order valence-corrected chi connectivity index (χ1v) is 11.3. The number of carbonyl (C=O) groups excluding carboxylic acids is 1. The number of fused-ring (bicyclic) bond motifs is 4. The first-order valence-electron chi connectivity index (χ1n) is 11.3. The molecular weight excluding hydrogens is 492 g/mol. The van der Waals surface area contributed by atoms with Crippen molar-refractivity contribution in [3.8, 4) is 11.1 Å². The van der Waals surface area contributed by atoms with Crippen LogP contribution in [0.4, 0.5) is 17.6 Å². The number of carbonyl (C=O) groups is 1. The van der Waals surface area contributed by atoms with E-state index in [1.807, 2.05) is 0 Å². The van der Waals surface area contributed by atoms with Gasteiger partial charge in [-0.2, -0.15) is 13.2 Å². The van der Waals surface area contributed by atoms with E-state index in [1.165, 1.54) is 29.0 Å². The second kappa shape index (κ2) is 8.10. The summed E-state index contributed by atoms with van der Waals surface area (Å²) in [6, 6.07) is 8.12. The molecule has 0 saturated carbocycles. The molecule has 0 spiro atoms. The molecule has 3 N–H and O–H groups in total. The number of hydrogen-bond donors (Lipinski definition) is 2. The maximum Gasteiger partial charge on any atom is 0.417 e. The van der Waals surface area contributed by atoms with Gasteiger partial charge in [0.15, 0.2) is 5.65 Å². The summed E-state index contributed by atoms with van der Waals surface area (Å²) in [7, 11) is 0. The van der Waals surface area contributed by atoms with Crippen molar-refractivity contribution < 1.29 is 27.5 Å². The number of benzene rings is 1. The fraction of sp³-hybridized carbons (Fsp3) is 0.200. The number of aliphatic hydroxyl groups excluding tert-OH is 1. The zero-order valence-corrected chi connectivity index (χ0v) is 19.0. The highest BCUT2D eigenvalue weighted by atomic mass is 19.4. The number of imidazole rings is 1. The van der Waals surface area contributed by atoms with Gasteiger partial charge in [-0.1, -0.05) is 12.1 Å². The number of aromatic nitrogens is 5. The molecule has 8 nitrogen and oxygen atoms in total. The average Bonchev–Trinajstić information content (AvgIpc) is 3.49. The van der Waals surface area contributed by atoms with Crippen LogP contribution in [0.5, 0.6) is 0 Å². The summed E-state index contributed by atoms with van der Waals surface area (Å²) in [5, 5.41) is 10.2. The van der Waals surface area contributed by atoms with Crippen molar-refractivity contribution in [2.45, 2.75) is 31.8 Å². The molecule has 1 atom stereocenters. The Kier molecular flexibility index (Phi) is 5.06. The van der Waals surface area contributed by atoms with Crippen molar-refractivity contribution in [2.75, 3.05) is 0 Å². The number of primary amides is 1. The quantitative estimate of drug-likeness (QED) is 0.352. The smallest absolute Gasteiger partial charge is 0.385 e. The third-order valence-electron chi connectivity index (χ3n) is 6.52. The maximum atomic E-state index is 13.9. The van der Waals surface area contributed by atoms with Crippen molar-refractivity contribution in [1.29, 1.82) is 0 Å². The van der Waals surface area contributed by atoms with Gasteiger partial charge in [0.25, 0.3) is 5.91 Å². The van der Waals surface area contributed by atoms with E-state index in [0.717, 1.165) is 6.07 Å². The van der Waals surface area contributed by atoms with E-state index >= 15 is 0 Å². The average molecular weight is 510 g/mol. The number of hydrogen-bond acceptors (Lipinski definition) is 5. The summed E-state index contributed by atoms with van der Waals surface area (Å²) in [6.07, 6.45) is -2.81. The summed E-state index contributed by atoms with van der Waals surface area (Å²) >= 11 is 0. The number of alkyl halides is 3. The number of nitrogens with zero attached hydrogens (tertiary/aromatic N) is 5. The van der Waals surface area contributed by atoms with Crippen molar-refractivity contribution in [3.63, 3.8) is 0 Å². The van der Waals surface area contributed by atoms with Crippen LogP contribution in [0.15, 0.2) is 48.8 Å². The van der Waals surface area contributed by atoms with E-state index in [4.69, 9.17) is 5.73 Å². The lowest BCUT2D eigenvalue weighted by Crippen LogP contribution is -2.18. The van der Waals surface area contributed by atoms with E-state index in [9.17, 15) is 27.5 Å². The molecular formula is C25H18F4N6O2. The Labute approximate surface area is 206 Å². The van der Waals surface area contributed by atoms with E-state index in [-0.39, 0.29) is 28.8 Å². The zero-order valence-electron chi connectivity index (χ0n) is 19.0. The fourth-order valence-corrected chi connectivity index (χ4v) is 4.92. The molecule has 1 aliphatic rings. The van der Waals surface area contributed by atoms with E-state index in [0.29, 0.717) is 47.3 Å². The van der Waals surface area contributed by atoms with Crippen LogP contribution in [0.1, 0.15) is 40.0 Å². The number of aryl methyl sites for hydroxylation is 1. The lowest BCUT2D eigenvalue weighted by Gasteiger charge is -2.10. The predicted molar refractivity (Wildman–Crippen MR) is 125 cm³/mol. The molecule has 0 aliphatic carbocycles. The van der Waals surface area contributed by atoms with Gasteiger partial charge < -0.3 is 20.0 Å². The monoisotopic (exact) mass is 510 g/mol. The lowest BCUT2D eigenvalue weighted by atomic mass is 10.0. The Morgan fingerprint density at radius 1 is 1.14 bits per heavy atom. The van der Waals surface area contributed by atoms with Gasteiger partial charge in [0.1, 0.15) is 34.6 Å². The highest BCUT2D eigenvalue weighted by molar-refractivity contribution is 6.09. The van der Waals surface area contributed by atoms with Crippen LogP contribution in [0.3, 0.4) is 0 Å². The van der Waals surface area contributed by atoms with Gasteiger partial charge in [-0.05, 0) is 36.2 Å². The summed E-state index contributed by atoms with van der Waals surface area (Å²) < 4.78 is 57.9. The first kappa shape index (κ1) is 23.1. The molecule has 188 valence electrons. The molecule has 6 rings (SSSR count). The van der Waals surface area contributed by atoms with Crippen LogP contribution in [0.25, 0.3) is 33.3 Å². The number of nitrogens with two attached hydrogens (primary N) is 1. The molecule has 0 radical (unpaired) electrons.